The van der Waals surface area contributed by atoms with Gasteiger partial charge < -0.3 is 10.3 Å². The minimum absolute atomic E-state index is 0.00338. The van der Waals surface area contributed by atoms with Crippen molar-refractivity contribution in [3.05, 3.63) is 41.2 Å². The van der Waals surface area contributed by atoms with E-state index in [1.54, 1.807) is 6.20 Å². The Kier molecular flexibility index (Phi) is 3.26. The molecule has 2 aromatic rings. The van der Waals surface area contributed by atoms with Crippen molar-refractivity contribution < 1.29 is 4.79 Å². The number of pyridine rings is 1. The molecule has 5 heteroatoms. The van der Waals surface area contributed by atoms with Crippen LogP contribution >= 0.6 is 0 Å². The average molecular weight is 270 g/mol. The van der Waals surface area contributed by atoms with Gasteiger partial charge in [0, 0.05) is 23.7 Å². The molecule has 2 N–H and O–H groups in total. The topological polar surface area (TPSA) is 70.7 Å². The zero-order chi connectivity index (χ0) is 14.1. The molecule has 0 fully saturated rings. The number of hydrogen-bond donors (Lipinski definition) is 2. The summed E-state index contributed by atoms with van der Waals surface area (Å²) in [6, 6.07) is 3.78. The number of hydrogen-bond acceptors (Lipinski definition) is 3. The molecule has 0 bridgehead atoms. The number of amides is 1. The summed E-state index contributed by atoms with van der Waals surface area (Å²) in [7, 11) is 0. The number of nitrogens with one attached hydrogen (secondary N) is 2. The summed E-state index contributed by atoms with van der Waals surface area (Å²) in [6.45, 7) is 3.88. The molecule has 20 heavy (non-hydrogen) atoms. The van der Waals surface area contributed by atoms with Gasteiger partial charge in [-0.05, 0) is 38.8 Å². The summed E-state index contributed by atoms with van der Waals surface area (Å²) in [5.74, 6) is 0.996. The van der Waals surface area contributed by atoms with E-state index in [-0.39, 0.29) is 11.8 Å². The highest BCUT2D eigenvalue weighted by Gasteiger charge is 2.26. The number of anilines is 1. The monoisotopic (exact) mass is 270 g/mol. The first-order chi connectivity index (χ1) is 9.61. The van der Waals surface area contributed by atoms with Crippen molar-refractivity contribution in [1.82, 2.24) is 15.0 Å². The lowest BCUT2D eigenvalue weighted by Crippen LogP contribution is -2.28. The van der Waals surface area contributed by atoms with Crippen LogP contribution in [-0.4, -0.2) is 20.9 Å². The fraction of sp³-hybridized carbons (Fsp3) is 0.400. The Balaban J connectivity index is 1.68. The van der Waals surface area contributed by atoms with Gasteiger partial charge in [-0.1, -0.05) is 0 Å². The highest BCUT2D eigenvalue weighted by atomic mass is 16.1. The van der Waals surface area contributed by atoms with E-state index in [0.717, 1.165) is 47.9 Å². The standard InChI is InChI=1S/C15H18N4O/c1-9-3-5-12(8-16-9)19-15(20)11-4-6-13-14(7-11)18-10(2)17-13/h3,5,8,11H,4,6-7H2,1-2H3,(H,17,18)(H,19,20). The van der Waals surface area contributed by atoms with Crippen LogP contribution < -0.4 is 5.32 Å². The molecule has 1 amide bonds. The third-order valence-electron chi connectivity index (χ3n) is 3.71. The second kappa shape index (κ2) is 5.07. The van der Waals surface area contributed by atoms with Crippen LogP contribution in [0, 0.1) is 19.8 Å². The van der Waals surface area contributed by atoms with Crippen LogP contribution in [0.5, 0.6) is 0 Å². The van der Waals surface area contributed by atoms with E-state index >= 15 is 0 Å². The molecule has 1 unspecified atom stereocenters. The SMILES string of the molecule is Cc1ccc(NC(=O)C2CCc3nc(C)[nH]c3C2)cn1. The second-order valence-electron chi connectivity index (χ2n) is 5.36. The van der Waals surface area contributed by atoms with Crippen LogP contribution in [0.4, 0.5) is 5.69 Å². The highest BCUT2D eigenvalue weighted by Crippen LogP contribution is 2.25. The number of nitrogens with zero attached hydrogens (tertiary/aromatic N) is 2. The summed E-state index contributed by atoms with van der Waals surface area (Å²) in [5.41, 5.74) is 3.92. The summed E-state index contributed by atoms with van der Waals surface area (Å²) >= 11 is 0. The molecule has 0 radical (unpaired) electrons. The molecule has 2 heterocycles. The normalized spacial score (nSPS) is 17.6. The molecular formula is C15H18N4O. The maximum Gasteiger partial charge on any atom is 0.227 e. The van der Waals surface area contributed by atoms with Crippen molar-refractivity contribution in [2.45, 2.75) is 33.1 Å². The summed E-state index contributed by atoms with van der Waals surface area (Å²) < 4.78 is 0. The van der Waals surface area contributed by atoms with Gasteiger partial charge in [0.15, 0.2) is 0 Å². The van der Waals surface area contributed by atoms with Crippen LogP contribution in [0.15, 0.2) is 18.3 Å². The van der Waals surface area contributed by atoms with Gasteiger partial charge in [0.05, 0.1) is 17.6 Å². The molecule has 5 nitrogen and oxygen atoms in total. The van der Waals surface area contributed by atoms with E-state index in [0.29, 0.717) is 0 Å². The quantitative estimate of drug-likeness (QED) is 0.878. The molecular weight excluding hydrogens is 252 g/mol. The molecule has 0 saturated heterocycles. The van der Waals surface area contributed by atoms with Gasteiger partial charge in [-0.15, -0.1) is 0 Å². The number of aromatic amines is 1. The number of aryl methyl sites for hydroxylation is 3. The third-order valence-corrected chi connectivity index (χ3v) is 3.71. The molecule has 0 spiro atoms. The van der Waals surface area contributed by atoms with E-state index in [9.17, 15) is 4.79 Å². The maximum atomic E-state index is 12.3. The Morgan fingerprint density at radius 2 is 2.25 bits per heavy atom. The van der Waals surface area contributed by atoms with E-state index in [2.05, 4.69) is 20.3 Å². The minimum Gasteiger partial charge on any atom is -0.346 e. The van der Waals surface area contributed by atoms with Gasteiger partial charge in [0.1, 0.15) is 5.82 Å². The zero-order valence-corrected chi connectivity index (χ0v) is 11.7. The fourth-order valence-electron chi connectivity index (χ4n) is 2.63. The van der Waals surface area contributed by atoms with Crippen molar-refractivity contribution in [3.63, 3.8) is 0 Å². The van der Waals surface area contributed by atoms with Crippen molar-refractivity contribution in [2.75, 3.05) is 5.32 Å². The second-order valence-corrected chi connectivity index (χ2v) is 5.36. The molecule has 1 atom stereocenters. The molecule has 0 aliphatic heterocycles. The lowest BCUT2D eigenvalue weighted by atomic mass is 9.89. The molecule has 104 valence electrons. The van der Waals surface area contributed by atoms with E-state index in [1.807, 2.05) is 26.0 Å². The predicted octanol–water partition coefficient (Wildman–Crippen LogP) is 2.17. The zero-order valence-electron chi connectivity index (χ0n) is 11.7. The molecule has 0 aromatic carbocycles. The first-order valence-electron chi connectivity index (χ1n) is 6.89. The average Bonchev–Trinajstić information content (AvgIpc) is 2.80. The van der Waals surface area contributed by atoms with Crippen molar-refractivity contribution >= 4 is 11.6 Å². The van der Waals surface area contributed by atoms with Gasteiger partial charge in [0.2, 0.25) is 5.91 Å². The van der Waals surface area contributed by atoms with Crippen LogP contribution in [-0.2, 0) is 17.6 Å². The summed E-state index contributed by atoms with van der Waals surface area (Å²) in [6.07, 6.45) is 4.15. The van der Waals surface area contributed by atoms with Crippen LogP contribution in [0.2, 0.25) is 0 Å². The first-order valence-corrected chi connectivity index (χ1v) is 6.89. The van der Waals surface area contributed by atoms with Gasteiger partial charge >= 0.3 is 0 Å². The van der Waals surface area contributed by atoms with E-state index in [4.69, 9.17) is 0 Å². The Morgan fingerprint density at radius 3 is 3.00 bits per heavy atom. The predicted molar refractivity (Wildman–Crippen MR) is 76.4 cm³/mol. The third kappa shape index (κ3) is 2.57. The van der Waals surface area contributed by atoms with Gasteiger partial charge in [0.25, 0.3) is 0 Å². The number of fused-ring (bicyclic) bond motifs is 1. The Bertz CT molecular complexity index is 630. The van der Waals surface area contributed by atoms with Crippen LogP contribution in [0.25, 0.3) is 0 Å². The molecule has 2 aromatic heterocycles. The first kappa shape index (κ1) is 12.8. The maximum absolute atomic E-state index is 12.3. The number of aromatic nitrogens is 3. The van der Waals surface area contributed by atoms with E-state index < -0.39 is 0 Å². The number of rotatable bonds is 2. The van der Waals surface area contributed by atoms with Gasteiger partial charge in [-0.3, -0.25) is 9.78 Å². The lowest BCUT2D eigenvalue weighted by molar-refractivity contribution is -0.120. The van der Waals surface area contributed by atoms with Crippen molar-refractivity contribution in [1.29, 1.82) is 0 Å². The minimum atomic E-state index is 0.00338. The molecule has 0 saturated carbocycles. The van der Waals surface area contributed by atoms with Crippen molar-refractivity contribution in [2.24, 2.45) is 5.92 Å². The molecule has 1 aliphatic carbocycles. The number of carbonyl (C=O) groups is 1. The smallest absolute Gasteiger partial charge is 0.227 e. The van der Waals surface area contributed by atoms with E-state index in [1.165, 1.54) is 0 Å². The summed E-state index contributed by atoms with van der Waals surface area (Å²) in [5, 5.41) is 2.94. The largest absolute Gasteiger partial charge is 0.346 e. The lowest BCUT2D eigenvalue weighted by Gasteiger charge is -2.20. The Morgan fingerprint density at radius 1 is 1.40 bits per heavy atom. The molecule has 1 aliphatic rings. The van der Waals surface area contributed by atoms with Crippen LogP contribution in [0.3, 0.4) is 0 Å². The summed E-state index contributed by atoms with van der Waals surface area (Å²) in [4.78, 5) is 24.2. The Labute approximate surface area is 117 Å². The number of H-pyrrole nitrogens is 1. The fourth-order valence-corrected chi connectivity index (χ4v) is 2.63. The van der Waals surface area contributed by atoms with Crippen LogP contribution in [0.1, 0.15) is 29.3 Å². The number of carbonyl (C=O) groups excluding carboxylic acids is 1. The molecule has 3 rings (SSSR count). The van der Waals surface area contributed by atoms with Gasteiger partial charge in [-0.2, -0.15) is 0 Å². The Hall–Kier alpha value is -2.17. The highest BCUT2D eigenvalue weighted by molar-refractivity contribution is 5.92. The van der Waals surface area contributed by atoms with Gasteiger partial charge in [-0.25, -0.2) is 4.98 Å². The van der Waals surface area contributed by atoms with Crippen molar-refractivity contribution in [3.8, 4) is 0 Å². The number of imidazole rings is 1.